The lowest BCUT2D eigenvalue weighted by atomic mass is 9.80. The van der Waals surface area contributed by atoms with Crippen LogP contribution in [0.1, 0.15) is 64.0 Å². The largest absolute Gasteiger partial charge is 0.497 e. The lowest BCUT2D eigenvalue weighted by molar-refractivity contribution is -0.0911. The number of nitrogens with one attached hydrogen (secondary N) is 1. The summed E-state index contributed by atoms with van der Waals surface area (Å²) in [6, 6.07) is 26.0. The van der Waals surface area contributed by atoms with Crippen molar-refractivity contribution in [2.45, 2.75) is 77.2 Å². The van der Waals surface area contributed by atoms with Gasteiger partial charge in [-0.2, -0.15) is 4.98 Å². The molecule has 4 atom stereocenters. The first-order valence-corrected chi connectivity index (χ1v) is 22.4. The maximum absolute atomic E-state index is 13.5. The van der Waals surface area contributed by atoms with E-state index in [1.165, 1.54) is 0 Å². The number of amidine groups is 1. The fraction of sp³-hybridized carbons (Fsp3) is 0.457. The van der Waals surface area contributed by atoms with Crippen molar-refractivity contribution in [2.24, 2.45) is 4.99 Å². The second-order valence-electron chi connectivity index (χ2n) is 15.8. The van der Waals surface area contributed by atoms with Crippen molar-refractivity contribution in [3.8, 4) is 11.5 Å². The summed E-state index contributed by atoms with van der Waals surface area (Å²) < 4.78 is 48.5. The third-order valence-electron chi connectivity index (χ3n) is 11.2. The van der Waals surface area contributed by atoms with E-state index in [1.807, 2.05) is 73.7 Å². The van der Waals surface area contributed by atoms with Crippen LogP contribution in [0.3, 0.4) is 0 Å². The molecular formula is C46H57N8O8P. The Balaban J connectivity index is 1.30. The average molecular weight is 881 g/mol. The van der Waals surface area contributed by atoms with Crippen LogP contribution in [-0.2, 0) is 28.9 Å². The summed E-state index contributed by atoms with van der Waals surface area (Å²) >= 11 is 0. The molecule has 16 nitrogen and oxygen atoms in total. The number of morpholine rings is 1. The number of hydrogen-bond acceptors (Lipinski definition) is 12. The lowest BCUT2D eigenvalue weighted by Crippen LogP contribution is -2.39. The smallest absolute Gasteiger partial charge is 0.280 e. The molecule has 2 aliphatic heterocycles. The molecule has 17 heteroatoms. The summed E-state index contributed by atoms with van der Waals surface area (Å²) in [5.41, 5.74) is 1.58. The summed E-state index contributed by atoms with van der Waals surface area (Å²) in [6.45, 7) is 20.8. The third-order valence-corrected chi connectivity index (χ3v) is 13.3. The Morgan fingerprint density at radius 2 is 1.59 bits per heavy atom. The Kier molecular flexibility index (Phi) is 15.2. The number of aliphatic imine (C=N–C) groups is 1. The van der Waals surface area contributed by atoms with E-state index in [4.69, 9.17) is 49.3 Å². The standard InChI is InChI=1S/C46H57N8O8P/c1-31(2)54(32(3)4)63(60-25-22-47-6)62-39-28-41(53-30-48-42-43(53)50-45(51-44(42)55)49-33(5)52-23-26-58-27-24-52)61-40(39)29-59-46(34-12-10-9-11-13-34,35-14-18-37(56-7)19-15-35)36-16-20-38(57-8)21-17-36/h9-21,30-32,39-41H,22-29H2,1-5,7-8H3,(H,50,51,55)/b49-33+/t39-,40-,41-,63?/m1/s1. The zero-order valence-electron chi connectivity index (χ0n) is 37.0. The number of fused-ring (bicyclic) bond motifs is 1. The lowest BCUT2D eigenvalue weighted by Gasteiger charge is -2.39. The van der Waals surface area contributed by atoms with Crippen LogP contribution in [0, 0.1) is 6.57 Å². The van der Waals surface area contributed by atoms with Crippen molar-refractivity contribution < 1.29 is 32.7 Å². The van der Waals surface area contributed by atoms with Crippen LogP contribution < -0.4 is 15.0 Å². The zero-order chi connectivity index (χ0) is 44.5. The number of H-pyrrole nitrogens is 1. The molecule has 2 fully saturated rings. The van der Waals surface area contributed by atoms with Crippen LogP contribution >= 0.6 is 8.53 Å². The van der Waals surface area contributed by atoms with Crippen molar-refractivity contribution >= 4 is 31.5 Å². The summed E-state index contributed by atoms with van der Waals surface area (Å²) in [7, 11) is 1.61. The highest BCUT2D eigenvalue weighted by atomic mass is 31.2. The molecular weight excluding hydrogens is 824 g/mol. The van der Waals surface area contributed by atoms with Gasteiger partial charge in [0.25, 0.3) is 14.1 Å². The normalized spacial score (nSPS) is 19.0. The monoisotopic (exact) mass is 880 g/mol. The molecule has 63 heavy (non-hydrogen) atoms. The number of aromatic amines is 1. The topological polar surface area (TPSA) is 151 Å². The maximum atomic E-state index is 13.5. The minimum absolute atomic E-state index is 0.0671. The molecule has 2 saturated heterocycles. The SMILES string of the molecule is [C-]#[N+]CCOP(O[C@@H]1C[C@H](n2cnc3c(=O)[nH]c(/N=C(\C)N4CCOCC4)nc32)O[C@@H]1COC(c1ccccc1)(c1ccc(OC)cc1)c1ccc(OC)cc1)N(C(C)C)C(C)C. The molecule has 1 N–H and O–H groups in total. The predicted octanol–water partition coefficient (Wildman–Crippen LogP) is 7.48. The van der Waals surface area contributed by atoms with Gasteiger partial charge in [-0.25, -0.2) is 21.2 Å². The molecule has 334 valence electrons. The van der Waals surface area contributed by atoms with Gasteiger partial charge in [0.05, 0.1) is 46.5 Å². The number of aromatic nitrogens is 4. The van der Waals surface area contributed by atoms with E-state index in [0.29, 0.717) is 49.9 Å². The Bertz CT molecular complexity index is 2320. The number of hydrogen-bond donors (Lipinski definition) is 1. The minimum atomic E-state index is -1.67. The van der Waals surface area contributed by atoms with Crippen LogP contribution in [0.4, 0.5) is 5.95 Å². The highest BCUT2D eigenvalue weighted by Gasteiger charge is 2.45. The number of nitrogens with zero attached hydrogens (tertiary/aromatic N) is 7. The molecule has 0 spiro atoms. The van der Waals surface area contributed by atoms with Gasteiger partial charge in [0, 0.05) is 31.6 Å². The van der Waals surface area contributed by atoms with Crippen LogP contribution in [0.15, 0.2) is 95.0 Å². The van der Waals surface area contributed by atoms with Crippen LogP contribution in [0.2, 0.25) is 0 Å². The average Bonchev–Trinajstić information content (AvgIpc) is 3.91. The van der Waals surface area contributed by atoms with E-state index >= 15 is 0 Å². The van der Waals surface area contributed by atoms with Gasteiger partial charge in [-0.05, 0) is 75.6 Å². The van der Waals surface area contributed by atoms with Gasteiger partial charge in [0.1, 0.15) is 41.9 Å². The van der Waals surface area contributed by atoms with Crippen molar-refractivity contribution in [3.05, 3.63) is 124 Å². The molecule has 0 bridgehead atoms. The summed E-state index contributed by atoms with van der Waals surface area (Å²) in [5, 5.41) is 0. The van der Waals surface area contributed by atoms with Gasteiger partial charge in [0.2, 0.25) is 12.5 Å². The van der Waals surface area contributed by atoms with Crippen molar-refractivity contribution in [3.63, 3.8) is 0 Å². The van der Waals surface area contributed by atoms with Gasteiger partial charge in [-0.15, -0.1) is 0 Å². The number of benzene rings is 3. The summed E-state index contributed by atoms with van der Waals surface area (Å²) in [6.07, 6.45) is 0.0187. The van der Waals surface area contributed by atoms with Gasteiger partial charge in [-0.1, -0.05) is 54.6 Å². The van der Waals surface area contributed by atoms with Crippen molar-refractivity contribution in [1.29, 1.82) is 0 Å². The first-order valence-electron chi connectivity index (χ1n) is 21.3. The number of methoxy groups -OCH3 is 2. The Morgan fingerprint density at radius 3 is 2.17 bits per heavy atom. The first-order chi connectivity index (χ1) is 30.6. The highest BCUT2D eigenvalue weighted by Crippen LogP contribution is 2.51. The zero-order valence-corrected chi connectivity index (χ0v) is 37.9. The van der Waals surface area contributed by atoms with Crippen LogP contribution in [0.5, 0.6) is 11.5 Å². The summed E-state index contributed by atoms with van der Waals surface area (Å²) in [5.74, 6) is 2.30. The van der Waals surface area contributed by atoms with E-state index in [0.717, 1.165) is 22.5 Å². The Morgan fingerprint density at radius 1 is 0.968 bits per heavy atom. The second kappa shape index (κ2) is 21.0. The quantitative estimate of drug-likeness (QED) is 0.0232. The Hall–Kier alpha value is -5.24. The number of imidazole rings is 1. The van der Waals surface area contributed by atoms with E-state index in [9.17, 15) is 4.79 Å². The molecule has 3 aromatic carbocycles. The minimum Gasteiger partial charge on any atom is -0.497 e. The fourth-order valence-corrected chi connectivity index (χ4v) is 9.86. The molecule has 5 aromatic rings. The highest BCUT2D eigenvalue weighted by molar-refractivity contribution is 7.44. The molecule has 1 unspecified atom stereocenters. The molecule has 0 aliphatic carbocycles. The fourth-order valence-electron chi connectivity index (χ4n) is 8.11. The van der Waals surface area contributed by atoms with E-state index in [2.05, 4.69) is 64.2 Å². The number of ether oxygens (including phenoxy) is 5. The molecule has 0 radical (unpaired) electrons. The second-order valence-corrected chi connectivity index (χ2v) is 17.2. The van der Waals surface area contributed by atoms with Crippen LogP contribution in [0.25, 0.3) is 16.0 Å². The maximum Gasteiger partial charge on any atom is 0.280 e. The van der Waals surface area contributed by atoms with Crippen molar-refractivity contribution in [2.75, 3.05) is 60.3 Å². The molecule has 7 rings (SSSR count). The van der Waals surface area contributed by atoms with Gasteiger partial charge in [0.15, 0.2) is 11.2 Å². The van der Waals surface area contributed by atoms with Gasteiger partial charge < -0.3 is 42.5 Å². The molecule has 0 amide bonds. The molecule has 2 aromatic heterocycles. The number of rotatable bonds is 18. The Labute approximate surface area is 369 Å². The molecule has 2 aliphatic rings. The predicted molar refractivity (Wildman–Crippen MR) is 241 cm³/mol. The van der Waals surface area contributed by atoms with Gasteiger partial charge in [-0.3, -0.25) is 14.3 Å². The first kappa shape index (κ1) is 45.8. The summed E-state index contributed by atoms with van der Waals surface area (Å²) in [4.78, 5) is 35.9. The molecule has 0 saturated carbocycles. The van der Waals surface area contributed by atoms with Crippen molar-refractivity contribution in [1.82, 2.24) is 29.1 Å². The van der Waals surface area contributed by atoms with E-state index in [-0.39, 0.29) is 43.3 Å². The van der Waals surface area contributed by atoms with E-state index < -0.39 is 38.1 Å². The molecule has 4 heterocycles. The van der Waals surface area contributed by atoms with Crippen LogP contribution in [-0.4, -0.2) is 119 Å². The van der Waals surface area contributed by atoms with Gasteiger partial charge >= 0.3 is 0 Å². The van der Waals surface area contributed by atoms with E-state index in [1.54, 1.807) is 25.1 Å². The third kappa shape index (κ3) is 10.3.